The van der Waals surface area contributed by atoms with E-state index < -0.39 is 10.8 Å². The Balaban J connectivity index is 1.66. The monoisotopic (exact) mass is 305 g/mol. The molecule has 21 heavy (non-hydrogen) atoms. The van der Waals surface area contributed by atoms with Gasteiger partial charge < -0.3 is 5.32 Å². The highest BCUT2D eigenvalue weighted by Gasteiger charge is 2.05. The van der Waals surface area contributed by atoms with Gasteiger partial charge in [-0.2, -0.15) is 5.10 Å². The quantitative estimate of drug-likeness (QED) is 0.843. The molecule has 0 saturated heterocycles. The van der Waals surface area contributed by atoms with Crippen molar-refractivity contribution in [3.8, 4) is 0 Å². The molecule has 1 amide bonds. The van der Waals surface area contributed by atoms with E-state index in [9.17, 15) is 9.00 Å². The number of hydrogen-bond acceptors (Lipinski definition) is 3. The lowest BCUT2D eigenvalue weighted by Gasteiger charge is -2.06. The summed E-state index contributed by atoms with van der Waals surface area (Å²) in [5.74, 6) is 0.379. The SMILES string of the molecule is Cc1cnn(CCC(=O)NCC[S@@](=O)c2ccccc2)c1. The standard InChI is InChI=1S/C15H19N3O2S/c1-13-11-17-18(12-13)9-7-15(19)16-8-10-21(20)14-5-3-2-4-6-14/h2-6,11-12H,7-10H2,1H3,(H,16,19)/t21-/m1/s1. The molecule has 112 valence electrons. The van der Waals surface area contributed by atoms with Crippen molar-refractivity contribution < 1.29 is 9.00 Å². The first-order chi connectivity index (χ1) is 10.1. The number of carbonyl (C=O) groups excluding carboxylic acids is 1. The molecule has 0 aliphatic heterocycles. The van der Waals surface area contributed by atoms with Gasteiger partial charge in [-0.05, 0) is 24.6 Å². The third-order valence-electron chi connectivity index (χ3n) is 2.95. The van der Waals surface area contributed by atoms with Gasteiger partial charge >= 0.3 is 0 Å². The summed E-state index contributed by atoms with van der Waals surface area (Å²) >= 11 is 0. The highest BCUT2D eigenvalue weighted by Crippen LogP contribution is 2.04. The summed E-state index contributed by atoms with van der Waals surface area (Å²) in [7, 11) is -1.07. The molecule has 1 aromatic heterocycles. The summed E-state index contributed by atoms with van der Waals surface area (Å²) in [6.07, 6.45) is 4.04. The van der Waals surface area contributed by atoms with Gasteiger partial charge in [-0.25, -0.2) is 0 Å². The van der Waals surface area contributed by atoms with Crippen LogP contribution >= 0.6 is 0 Å². The Morgan fingerprint density at radius 1 is 1.33 bits per heavy atom. The van der Waals surface area contributed by atoms with Gasteiger partial charge in [-0.3, -0.25) is 13.7 Å². The van der Waals surface area contributed by atoms with Gasteiger partial charge in [0.1, 0.15) is 0 Å². The molecule has 2 aromatic rings. The minimum absolute atomic E-state index is 0.0479. The fraction of sp³-hybridized carbons (Fsp3) is 0.333. The number of amides is 1. The number of benzene rings is 1. The summed E-state index contributed by atoms with van der Waals surface area (Å²) in [6, 6.07) is 9.27. The second-order valence-corrected chi connectivity index (χ2v) is 6.31. The Morgan fingerprint density at radius 2 is 2.10 bits per heavy atom. The molecule has 0 unspecified atom stereocenters. The normalized spacial score (nSPS) is 12.0. The largest absolute Gasteiger partial charge is 0.355 e. The number of nitrogens with zero attached hydrogens (tertiary/aromatic N) is 2. The van der Waals surface area contributed by atoms with E-state index in [4.69, 9.17) is 0 Å². The fourth-order valence-electron chi connectivity index (χ4n) is 1.87. The molecule has 1 aromatic carbocycles. The molecule has 0 fully saturated rings. The van der Waals surface area contributed by atoms with Crippen LogP contribution in [0.25, 0.3) is 0 Å². The van der Waals surface area contributed by atoms with Gasteiger partial charge in [0.25, 0.3) is 0 Å². The maximum Gasteiger partial charge on any atom is 0.221 e. The lowest BCUT2D eigenvalue weighted by molar-refractivity contribution is -0.121. The van der Waals surface area contributed by atoms with E-state index in [1.807, 2.05) is 43.5 Å². The molecule has 6 heteroatoms. The molecule has 0 bridgehead atoms. The smallest absolute Gasteiger partial charge is 0.221 e. The minimum Gasteiger partial charge on any atom is -0.355 e. The Labute approximate surface area is 126 Å². The van der Waals surface area contributed by atoms with Gasteiger partial charge in [0.2, 0.25) is 5.91 Å². The van der Waals surface area contributed by atoms with E-state index in [1.54, 1.807) is 10.9 Å². The lowest BCUT2D eigenvalue weighted by Crippen LogP contribution is -2.28. The zero-order valence-corrected chi connectivity index (χ0v) is 12.8. The van der Waals surface area contributed by atoms with Crippen LogP contribution in [0.3, 0.4) is 0 Å². The fourth-order valence-corrected chi connectivity index (χ4v) is 2.85. The second kappa shape index (κ2) is 7.73. The molecule has 0 radical (unpaired) electrons. The van der Waals surface area contributed by atoms with Crippen LogP contribution in [0, 0.1) is 6.92 Å². The zero-order chi connectivity index (χ0) is 15.1. The van der Waals surface area contributed by atoms with Crippen LogP contribution in [0.4, 0.5) is 0 Å². The molecule has 5 nitrogen and oxygen atoms in total. The minimum atomic E-state index is -1.07. The van der Waals surface area contributed by atoms with E-state index in [-0.39, 0.29) is 5.91 Å². The molecule has 1 heterocycles. The maximum atomic E-state index is 12.0. The molecule has 1 N–H and O–H groups in total. The predicted octanol–water partition coefficient (Wildman–Crippen LogP) is 1.51. The van der Waals surface area contributed by atoms with E-state index >= 15 is 0 Å². The highest BCUT2D eigenvalue weighted by molar-refractivity contribution is 7.85. The number of rotatable bonds is 7. The van der Waals surface area contributed by atoms with Crippen LogP contribution < -0.4 is 5.32 Å². The van der Waals surface area contributed by atoms with E-state index in [1.165, 1.54) is 0 Å². The van der Waals surface area contributed by atoms with Crippen molar-refractivity contribution in [1.29, 1.82) is 0 Å². The molecule has 0 saturated carbocycles. The predicted molar refractivity (Wildman–Crippen MR) is 82.3 cm³/mol. The van der Waals surface area contributed by atoms with Gasteiger partial charge in [-0.1, -0.05) is 18.2 Å². The highest BCUT2D eigenvalue weighted by atomic mass is 32.2. The van der Waals surface area contributed by atoms with Crippen LogP contribution in [0.2, 0.25) is 0 Å². The Hall–Kier alpha value is -1.95. The molecule has 2 rings (SSSR count). The Kier molecular flexibility index (Phi) is 5.68. The van der Waals surface area contributed by atoms with Crippen molar-refractivity contribution in [1.82, 2.24) is 15.1 Å². The molecular formula is C15H19N3O2S. The van der Waals surface area contributed by atoms with Crippen LogP contribution in [0.1, 0.15) is 12.0 Å². The summed E-state index contributed by atoms with van der Waals surface area (Å²) in [5.41, 5.74) is 1.08. The second-order valence-electron chi connectivity index (χ2n) is 4.74. The van der Waals surface area contributed by atoms with Gasteiger partial charge in [-0.15, -0.1) is 0 Å². The third kappa shape index (κ3) is 5.15. The lowest BCUT2D eigenvalue weighted by atomic mass is 10.4. The maximum absolute atomic E-state index is 12.0. The van der Waals surface area contributed by atoms with Crippen molar-refractivity contribution in [2.75, 3.05) is 12.3 Å². The van der Waals surface area contributed by atoms with Gasteiger partial charge in [0, 0.05) is 36.4 Å². The molecular weight excluding hydrogens is 286 g/mol. The van der Waals surface area contributed by atoms with Gasteiger partial charge in [0.15, 0.2) is 0 Å². The van der Waals surface area contributed by atoms with Crippen molar-refractivity contribution in [3.63, 3.8) is 0 Å². The first kappa shape index (κ1) is 15.4. The summed E-state index contributed by atoms with van der Waals surface area (Å²) in [4.78, 5) is 12.5. The molecule has 0 spiro atoms. The Bertz CT molecular complexity index is 610. The van der Waals surface area contributed by atoms with Crippen LogP contribution in [-0.4, -0.2) is 32.2 Å². The number of aryl methyl sites for hydroxylation is 2. The van der Waals surface area contributed by atoms with E-state index in [0.717, 1.165) is 10.5 Å². The van der Waals surface area contributed by atoms with E-state index in [0.29, 0.717) is 25.3 Å². The summed E-state index contributed by atoms with van der Waals surface area (Å²) < 4.78 is 13.7. The average Bonchev–Trinajstić information content (AvgIpc) is 2.91. The number of carbonyl (C=O) groups is 1. The number of aromatic nitrogens is 2. The zero-order valence-electron chi connectivity index (χ0n) is 12.0. The van der Waals surface area contributed by atoms with Crippen molar-refractivity contribution in [2.45, 2.75) is 24.8 Å². The Morgan fingerprint density at radius 3 is 2.76 bits per heavy atom. The number of nitrogens with one attached hydrogen (secondary N) is 1. The molecule has 0 aliphatic carbocycles. The first-order valence-electron chi connectivity index (χ1n) is 6.84. The average molecular weight is 305 g/mol. The van der Waals surface area contributed by atoms with Crippen molar-refractivity contribution in [2.24, 2.45) is 0 Å². The van der Waals surface area contributed by atoms with Crippen molar-refractivity contribution >= 4 is 16.7 Å². The summed E-state index contributed by atoms with van der Waals surface area (Å²) in [6.45, 7) is 2.93. The number of hydrogen-bond donors (Lipinski definition) is 1. The third-order valence-corrected chi connectivity index (χ3v) is 4.32. The molecule has 1 atom stereocenters. The van der Waals surface area contributed by atoms with Crippen LogP contribution in [0.15, 0.2) is 47.6 Å². The topological polar surface area (TPSA) is 64.0 Å². The first-order valence-corrected chi connectivity index (χ1v) is 8.16. The summed E-state index contributed by atoms with van der Waals surface area (Å²) in [5, 5.41) is 6.91. The molecule has 0 aliphatic rings. The van der Waals surface area contributed by atoms with Gasteiger partial charge in [0.05, 0.1) is 17.0 Å². The van der Waals surface area contributed by atoms with E-state index in [2.05, 4.69) is 10.4 Å². The van der Waals surface area contributed by atoms with Crippen LogP contribution in [0.5, 0.6) is 0 Å². The van der Waals surface area contributed by atoms with Crippen molar-refractivity contribution in [3.05, 3.63) is 48.3 Å². The van der Waals surface area contributed by atoms with Crippen LogP contribution in [-0.2, 0) is 22.1 Å².